The van der Waals surface area contributed by atoms with Gasteiger partial charge >= 0.3 is 0 Å². The van der Waals surface area contributed by atoms with Gasteiger partial charge in [0.15, 0.2) is 11.4 Å². The molecule has 0 bridgehead atoms. The number of anilines is 1. The standard InChI is InChI=1S/C20H17ClN4O3/c1-11-18-13(20(26)22-12-6-7-16(27-3)14(21)9-12)10-15(17-5-4-8-28-17)23-19(18)25(2)24-11/h4-10H,1-3H3,(H,22,26). The fourth-order valence-corrected chi connectivity index (χ4v) is 3.37. The zero-order chi connectivity index (χ0) is 19.8. The van der Waals surface area contributed by atoms with Gasteiger partial charge < -0.3 is 14.5 Å². The van der Waals surface area contributed by atoms with Crippen molar-refractivity contribution in [2.75, 3.05) is 12.4 Å². The number of carbonyl (C=O) groups is 1. The van der Waals surface area contributed by atoms with Gasteiger partial charge in [-0.05, 0) is 43.3 Å². The van der Waals surface area contributed by atoms with E-state index in [4.69, 9.17) is 20.8 Å². The fraction of sp³-hybridized carbons (Fsp3) is 0.150. The highest BCUT2D eigenvalue weighted by atomic mass is 35.5. The predicted octanol–water partition coefficient (Wildman–Crippen LogP) is 4.45. The number of fused-ring (bicyclic) bond motifs is 1. The summed E-state index contributed by atoms with van der Waals surface area (Å²) < 4.78 is 12.3. The number of halogens is 1. The number of hydrogen-bond acceptors (Lipinski definition) is 5. The van der Waals surface area contributed by atoms with Gasteiger partial charge in [-0.25, -0.2) is 4.98 Å². The first kappa shape index (κ1) is 18.1. The van der Waals surface area contributed by atoms with Gasteiger partial charge in [-0.2, -0.15) is 5.10 Å². The van der Waals surface area contributed by atoms with Crippen LogP contribution in [0.1, 0.15) is 16.1 Å². The van der Waals surface area contributed by atoms with E-state index < -0.39 is 0 Å². The second-order valence-electron chi connectivity index (χ2n) is 6.24. The van der Waals surface area contributed by atoms with Gasteiger partial charge in [-0.15, -0.1) is 0 Å². The van der Waals surface area contributed by atoms with Crippen molar-refractivity contribution >= 4 is 34.2 Å². The molecule has 28 heavy (non-hydrogen) atoms. The highest BCUT2D eigenvalue weighted by Gasteiger charge is 2.20. The lowest BCUT2D eigenvalue weighted by atomic mass is 10.1. The quantitative estimate of drug-likeness (QED) is 0.551. The average molecular weight is 397 g/mol. The van der Waals surface area contributed by atoms with Crippen molar-refractivity contribution in [3.05, 3.63) is 58.9 Å². The van der Waals surface area contributed by atoms with Crippen molar-refractivity contribution < 1.29 is 13.9 Å². The molecule has 0 aliphatic carbocycles. The molecule has 0 radical (unpaired) electrons. The van der Waals surface area contributed by atoms with Crippen molar-refractivity contribution in [3.8, 4) is 17.2 Å². The molecule has 0 fully saturated rings. The summed E-state index contributed by atoms with van der Waals surface area (Å²) in [5, 5.41) is 8.38. The number of amides is 1. The molecule has 0 unspecified atom stereocenters. The van der Waals surface area contributed by atoms with E-state index in [0.29, 0.717) is 50.2 Å². The molecular formula is C20H17ClN4O3. The summed E-state index contributed by atoms with van der Waals surface area (Å²) in [6, 6.07) is 10.3. The Labute approximate surface area is 165 Å². The molecule has 8 heteroatoms. The first-order chi connectivity index (χ1) is 13.5. The first-order valence-electron chi connectivity index (χ1n) is 8.51. The van der Waals surface area contributed by atoms with Crippen LogP contribution >= 0.6 is 11.6 Å². The number of aromatic nitrogens is 3. The monoisotopic (exact) mass is 396 g/mol. The highest BCUT2D eigenvalue weighted by molar-refractivity contribution is 6.32. The summed E-state index contributed by atoms with van der Waals surface area (Å²) in [5.41, 5.74) is 2.88. The molecule has 0 spiro atoms. The van der Waals surface area contributed by atoms with Gasteiger partial charge in [0.1, 0.15) is 11.4 Å². The number of hydrogen-bond donors (Lipinski definition) is 1. The van der Waals surface area contributed by atoms with Gasteiger partial charge in [0.05, 0.1) is 35.0 Å². The lowest BCUT2D eigenvalue weighted by Gasteiger charge is -2.10. The molecule has 3 aromatic heterocycles. The minimum atomic E-state index is -0.294. The largest absolute Gasteiger partial charge is 0.495 e. The van der Waals surface area contributed by atoms with E-state index in [0.717, 1.165) is 0 Å². The molecule has 4 aromatic rings. The molecule has 3 heterocycles. The first-order valence-corrected chi connectivity index (χ1v) is 8.89. The number of rotatable bonds is 4. The number of pyridine rings is 1. The van der Waals surface area contributed by atoms with Crippen LogP contribution in [0.3, 0.4) is 0 Å². The third-order valence-corrected chi connectivity index (χ3v) is 4.69. The van der Waals surface area contributed by atoms with Gasteiger partial charge in [0, 0.05) is 12.7 Å². The van der Waals surface area contributed by atoms with Crippen LogP contribution in [0, 0.1) is 6.92 Å². The minimum Gasteiger partial charge on any atom is -0.495 e. The van der Waals surface area contributed by atoms with Gasteiger partial charge in [-0.1, -0.05) is 11.6 Å². The van der Waals surface area contributed by atoms with Crippen LogP contribution in [0.25, 0.3) is 22.5 Å². The number of nitrogens with zero attached hydrogens (tertiary/aromatic N) is 3. The summed E-state index contributed by atoms with van der Waals surface area (Å²) >= 11 is 6.16. The van der Waals surface area contributed by atoms with Crippen molar-refractivity contribution in [1.82, 2.24) is 14.8 Å². The number of nitrogens with one attached hydrogen (secondary N) is 1. The number of benzene rings is 1. The number of aryl methyl sites for hydroxylation is 2. The summed E-state index contributed by atoms with van der Waals surface area (Å²) in [6.45, 7) is 1.84. The highest BCUT2D eigenvalue weighted by Crippen LogP contribution is 2.30. The lowest BCUT2D eigenvalue weighted by Crippen LogP contribution is -2.13. The summed E-state index contributed by atoms with van der Waals surface area (Å²) in [7, 11) is 3.33. The summed E-state index contributed by atoms with van der Waals surface area (Å²) in [6.07, 6.45) is 1.56. The smallest absolute Gasteiger partial charge is 0.256 e. The Morgan fingerprint density at radius 1 is 1.29 bits per heavy atom. The SMILES string of the molecule is COc1ccc(NC(=O)c2cc(-c3ccco3)nc3c2c(C)nn3C)cc1Cl. The van der Waals surface area contributed by atoms with Gasteiger partial charge in [0.25, 0.3) is 5.91 Å². The Morgan fingerprint density at radius 2 is 2.11 bits per heavy atom. The van der Waals surface area contributed by atoms with Crippen molar-refractivity contribution in [2.45, 2.75) is 6.92 Å². The molecule has 1 aromatic carbocycles. The van der Waals surface area contributed by atoms with E-state index in [9.17, 15) is 4.79 Å². The number of ether oxygens (including phenoxy) is 1. The zero-order valence-electron chi connectivity index (χ0n) is 15.5. The summed E-state index contributed by atoms with van der Waals surface area (Å²) in [5.74, 6) is 0.814. The molecule has 0 aliphatic heterocycles. The normalized spacial score (nSPS) is 11.0. The van der Waals surface area contributed by atoms with E-state index in [2.05, 4.69) is 15.4 Å². The van der Waals surface area contributed by atoms with E-state index in [-0.39, 0.29) is 5.91 Å². The Hall–Kier alpha value is -3.32. The summed E-state index contributed by atoms with van der Waals surface area (Å²) in [4.78, 5) is 17.7. The third-order valence-electron chi connectivity index (χ3n) is 4.40. The number of furan rings is 1. The van der Waals surface area contributed by atoms with Crippen molar-refractivity contribution in [1.29, 1.82) is 0 Å². The molecule has 1 amide bonds. The molecule has 4 rings (SSSR count). The van der Waals surface area contributed by atoms with E-state index >= 15 is 0 Å². The maximum absolute atomic E-state index is 13.1. The molecule has 142 valence electrons. The van der Waals surface area contributed by atoms with Crippen LogP contribution < -0.4 is 10.1 Å². The van der Waals surface area contributed by atoms with E-state index in [1.54, 1.807) is 54.4 Å². The average Bonchev–Trinajstić information content (AvgIpc) is 3.30. The molecule has 7 nitrogen and oxygen atoms in total. The molecule has 1 N–H and O–H groups in total. The molecule has 0 aliphatic rings. The molecule has 0 saturated carbocycles. The Balaban J connectivity index is 1.80. The number of carbonyl (C=O) groups excluding carboxylic acids is 1. The van der Waals surface area contributed by atoms with E-state index in [1.807, 2.05) is 6.92 Å². The van der Waals surface area contributed by atoms with Crippen LogP contribution in [-0.2, 0) is 7.05 Å². The predicted molar refractivity (Wildman–Crippen MR) is 107 cm³/mol. The van der Waals surface area contributed by atoms with Crippen LogP contribution in [0.4, 0.5) is 5.69 Å². The fourth-order valence-electron chi connectivity index (χ4n) is 3.12. The zero-order valence-corrected chi connectivity index (χ0v) is 16.2. The van der Waals surface area contributed by atoms with Crippen molar-refractivity contribution in [3.63, 3.8) is 0 Å². The molecule has 0 saturated heterocycles. The lowest BCUT2D eigenvalue weighted by molar-refractivity contribution is 0.102. The second kappa shape index (κ2) is 7.01. The van der Waals surface area contributed by atoms with Crippen LogP contribution in [-0.4, -0.2) is 27.8 Å². The van der Waals surface area contributed by atoms with Crippen LogP contribution in [0.15, 0.2) is 47.1 Å². The Bertz CT molecular complexity index is 1180. The third kappa shape index (κ3) is 3.10. The molecule has 0 atom stereocenters. The van der Waals surface area contributed by atoms with Crippen LogP contribution in [0.2, 0.25) is 5.02 Å². The van der Waals surface area contributed by atoms with Gasteiger partial charge in [-0.3, -0.25) is 9.48 Å². The van der Waals surface area contributed by atoms with E-state index in [1.165, 1.54) is 7.11 Å². The maximum atomic E-state index is 13.1. The van der Waals surface area contributed by atoms with Gasteiger partial charge in [0.2, 0.25) is 0 Å². The van der Waals surface area contributed by atoms with Crippen LogP contribution in [0.5, 0.6) is 5.75 Å². The maximum Gasteiger partial charge on any atom is 0.256 e. The van der Waals surface area contributed by atoms with Crippen molar-refractivity contribution in [2.24, 2.45) is 7.05 Å². The molecular weight excluding hydrogens is 380 g/mol. The minimum absolute atomic E-state index is 0.294. The Kier molecular flexibility index (Phi) is 4.52. The second-order valence-corrected chi connectivity index (χ2v) is 6.65. The Morgan fingerprint density at radius 3 is 2.79 bits per heavy atom. The topological polar surface area (TPSA) is 82.2 Å². The number of methoxy groups -OCH3 is 1.